The van der Waals surface area contributed by atoms with Crippen LogP contribution in [0.1, 0.15) is 74.1 Å². The molecule has 5 N–H and O–H groups in total. The standard InChI is InChI=1S/C31H56N2O10/c1-10-23-31(7,38)27(36)19(5)25(32)16(2)13-30(6)24(43-29-26(35)21(33(8)9)11-17(3)41-29)12-22(18(4)28(37)42-23)39-14-20(34)15-40-30/h16-19,21-27,29,35-36,38H,10-15,32H2,1-9H3/t16-,17-,18-,19+,21+,22-,23-,24-,25?,26-,27-,29?,30+,31-/m1/s1. The fraction of sp³-hybridized carbons (Fsp3) is 0.935. The molecule has 3 aliphatic heterocycles. The first kappa shape index (κ1) is 36.3. The molecule has 0 aromatic rings. The molecule has 0 aromatic carbocycles. The third-order valence-corrected chi connectivity index (χ3v) is 10.0. The number of carbonyl (C=O) groups is 2. The monoisotopic (exact) mass is 616 g/mol. The number of nitrogens with two attached hydrogens (primary N) is 1. The summed E-state index contributed by atoms with van der Waals surface area (Å²) in [6.07, 6.45) is -4.82. The predicted octanol–water partition coefficient (Wildman–Crippen LogP) is 1.00. The molecule has 12 heteroatoms. The van der Waals surface area contributed by atoms with Crippen molar-refractivity contribution < 1.29 is 48.6 Å². The molecule has 3 saturated heterocycles. The molecular formula is C31H56N2O10. The van der Waals surface area contributed by atoms with E-state index in [1.807, 2.05) is 39.8 Å². The number of fused-ring (bicyclic) bond motifs is 3. The van der Waals surface area contributed by atoms with Crippen molar-refractivity contribution in [2.75, 3.05) is 27.3 Å². The molecule has 0 aliphatic carbocycles. The lowest BCUT2D eigenvalue weighted by molar-refractivity contribution is -0.294. The molecule has 2 unspecified atom stereocenters. The Hall–Kier alpha value is -1.22. The number of ether oxygens (including phenoxy) is 5. The van der Waals surface area contributed by atoms with Gasteiger partial charge in [0.1, 0.15) is 31.0 Å². The molecule has 0 amide bonds. The average molecular weight is 617 g/mol. The molecule has 3 rings (SSSR count). The zero-order valence-corrected chi connectivity index (χ0v) is 27.4. The normalized spacial score (nSPS) is 47.8. The van der Waals surface area contributed by atoms with Gasteiger partial charge < -0.3 is 49.6 Å². The van der Waals surface area contributed by atoms with Crippen LogP contribution in [0.2, 0.25) is 0 Å². The predicted molar refractivity (Wildman–Crippen MR) is 158 cm³/mol. The van der Waals surface area contributed by atoms with Crippen LogP contribution in [-0.2, 0) is 33.3 Å². The van der Waals surface area contributed by atoms with Crippen LogP contribution in [0.15, 0.2) is 0 Å². The third kappa shape index (κ3) is 8.14. The number of nitrogens with zero attached hydrogens (tertiary/aromatic N) is 1. The maximum absolute atomic E-state index is 13.5. The number of aliphatic hydroxyl groups is 3. The Bertz CT molecular complexity index is 950. The summed E-state index contributed by atoms with van der Waals surface area (Å²) < 4.78 is 30.9. The van der Waals surface area contributed by atoms with Gasteiger partial charge in [-0.3, -0.25) is 9.59 Å². The summed E-state index contributed by atoms with van der Waals surface area (Å²) in [7, 11) is 3.78. The fourth-order valence-corrected chi connectivity index (χ4v) is 6.91. The summed E-state index contributed by atoms with van der Waals surface area (Å²) in [5, 5.41) is 34.1. The molecule has 3 fully saturated rings. The van der Waals surface area contributed by atoms with Crippen molar-refractivity contribution in [3.63, 3.8) is 0 Å². The molecule has 14 atom stereocenters. The minimum Gasteiger partial charge on any atom is -0.459 e. The molecule has 2 bridgehead atoms. The van der Waals surface area contributed by atoms with Gasteiger partial charge in [0.2, 0.25) is 0 Å². The van der Waals surface area contributed by atoms with Crippen molar-refractivity contribution >= 4 is 11.8 Å². The van der Waals surface area contributed by atoms with Crippen LogP contribution >= 0.6 is 0 Å². The Morgan fingerprint density at radius 1 is 1.07 bits per heavy atom. The van der Waals surface area contributed by atoms with E-state index in [0.29, 0.717) is 12.8 Å². The number of likely N-dealkylation sites (N-methyl/N-ethyl adjacent to an activating group) is 1. The van der Waals surface area contributed by atoms with Crippen molar-refractivity contribution in [2.45, 2.75) is 140 Å². The van der Waals surface area contributed by atoms with Gasteiger partial charge in [0, 0.05) is 24.4 Å². The average Bonchev–Trinajstić information content (AvgIpc) is 3.00. The molecule has 0 radical (unpaired) electrons. The van der Waals surface area contributed by atoms with E-state index >= 15 is 0 Å². The quantitative estimate of drug-likeness (QED) is 0.331. The van der Waals surface area contributed by atoms with Gasteiger partial charge >= 0.3 is 5.97 Å². The number of hydrogen-bond donors (Lipinski definition) is 4. The van der Waals surface area contributed by atoms with E-state index in [2.05, 4.69) is 0 Å². The van der Waals surface area contributed by atoms with Crippen LogP contribution < -0.4 is 5.73 Å². The van der Waals surface area contributed by atoms with Gasteiger partial charge in [0.05, 0.1) is 35.9 Å². The first-order chi connectivity index (χ1) is 19.9. The minimum absolute atomic E-state index is 0.126. The highest BCUT2D eigenvalue weighted by Crippen LogP contribution is 2.39. The van der Waals surface area contributed by atoms with Gasteiger partial charge in [-0.15, -0.1) is 0 Å². The maximum atomic E-state index is 13.5. The summed E-state index contributed by atoms with van der Waals surface area (Å²) in [6.45, 7) is 11.8. The lowest BCUT2D eigenvalue weighted by atomic mass is 9.74. The van der Waals surface area contributed by atoms with Crippen molar-refractivity contribution in [3.05, 3.63) is 0 Å². The van der Waals surface area contributed by atoms with Crippen LogP contribution in [0.3, 0.4) is 0 Å². The molecular weight excluding hydrogens is 560 g/mol. The number of carbonyl (C=O) groups excluding carboxylic acids is 2. The van der Waals surface area contributed by atoms with E-state index in [4.69, 9.17) is 29.4 Å². The van der Waals surface area contributed by atoms with Crippen LogP contribution in [0.25, 0.3) is 0 Å². The number of rotatable bonds is 4. The first-order valence-electron chi connectivity index (χ1n) is 15.7. The Morgan fingerprint density at radius 3 is 2.33 bits per heavy atom. The first-order valence-corrected chi connectivity index (χ1v) is 15.7. The zero-order valence-electron chi connectivity index (χ0n) is 27.4. The third-order valence-electron chi connectivity index (χ3n) is 10.0. The SMILES string of the molecule is CC[C@H]1OC(=O)[C@H](C)[C@H]2C[C@@H](OC3O[C@H](C)C[C@H](N(C)C)[C@H]3O)[C@](C)(C[C@@H](C)C(N)[C@H](C)[C@@H](O)[C@]1(C)O)OCC(=O)CO2. The van der Waals surface area contributed by atoms with Gasteiger partial charge in [-0.25, -0.2) is 0 Å². The highest BCUT2D eigenvalue weighted by atomic mass is 16.7. The Kier molecular flexibility index (Phi) is 12.2. The maximum Gasteiger partial charge on any atom is 0.311 e. The summed E-state index contributed by atoms with van der Waals surface area (Å²) in [5.41, 5.74) is 3.81. The molecule has 0 aromatic heterocycles. The van der Waals surface area contributed by atoms with Crippen LogP contribution in [0.4, 0.5) is 0 Å². The molecule has 250 valence electrons. The molecule has 3 heterocycles. The largest absolute Gasteiger partial charge is 0.459 e. The summed E-state index contributed by atoms with van der Waals surface area (Å²) in [6, 6.07) is -0.825. The Labute approximate surface area is 256 Å². The van der Waals surface area contributed by atoms with Crippen molar-refractivity contribution in [1.82, 2.24) is 4.90 Å². The van der Waals surface area contributed by atoms with Gasteiger partial charge in [-0.05, 0) is 67.0 Å². The lowest BCUT2D eigenvalue weighted by Gasteiger charge is -2.47. The Balaban J connectivity index is 2.10. The number of ketones is 1. The van der Waals surface area contributed by atoms with E-state index in [-0.39, 0.29) is 49.9 Å². The van der Waals surface area contributed by atoms with Gasteiger partial charge in [-0.1, -0.05) is 20.8 Å². The fourth-order valence-electron chi connectivity index (χ4n) is 6.91. The topological polar surface area (TPSA) is 170 Å². The zero-order chi connectivity index (χ0) is 32.4. The van der Waals surface area contributed by atoms with E-state index < -0.39 is 71.9 Å². The van der Waals surface area contributed by atoms with Crippen LogP contribution in [-0.4, -0.2) is 125 Å². The van der Waals surface area contributed by atoms with Crippen LogP contribution in [0.5, 0.6) is 0 Å². The number of cyclic esters (lactones) is 1. The van der Waals surface area contributed by atoms with E-state index in [1.165, 1.54) is 6.92 Å². The summed E-state index contributed by atoms with van der Waals surface area (Å²) >= 11 is 0. The Morgan fingerprint density at radius 2 is 1.72 bits per heavy atom. The minimum atomic E-state index is -1.77. The van der Waals surface area contributed by atoms with Crippen LogP contribution in [0, 0.1) is 17.8 Å². The van der Waals surface area contributed by atoms with E-state index in [9.17, 15) is 24.9 Å². The lowest BCUT2D eigenvalue weighted by Crippen LogP contribution is -2.60. The number of Topliss-reactive ketones (excluding diaryl/α,β-unsaturated/α-hetero) is 1. The van der Waals surface area contributed by atoms with Crippen molar-refractivity contribution in [3.8, 4) is 0 Å². The van der Waals surface area contributed by atoms with E-state index in [0.717, 1.165) is 0 Å². The van der Waals surface area contributed by atoms with Crippen molar-refractivity contribution in [1.29, 1.82) is 0 Å². The second-order valence-electron chi connectivity index (χ2n) is 13.8. The number of aliphatic hydroxyl groups excluding tert-OH is 2. The summed E-state index contributed by atoms with van der Waals surface area (Å²) in [5.74, 6) is -2.68. The number of hydrogen-bond acceptors (Lipinski definition) is 12. The second kappa shape index (κ2) is 14.5. The van der Waals surface area contributed by atoms with E-state index in [1.54, 1.807) is 20.8 Å². The second-order valence-corrected chi connectivity index (χ2v) is 13.8. The highest BCUT2D eigenvalue weighted by molar-refractivity contribution is 5.81. The van der Waals surface area contributed by atoms with Crippen molar-refractivity contribution in [2.24, 2.45) is 23.5 Å². The highest BCUT2D eigenvalue weighted by Gasteiger charge is 2.50. The van der Waals surface area contributed by atoms with Gasteiger partial charge in [0.25, 0.3) is 0 Å². The molecule has 0 spiro atoms. The van der Waals surface area contributed by atoms with Gasteiger partial charge in [0.15, 0.2) is 12.1 Å². The smallest absolute Gasteiger partial charge is 0.311 e. The summed E-state index contributed by atoms with van der Waals surface area (Å²) in [4.78, 5) is 28.3. The molecule has 43 heavy (non-hydrogen) atoms. The number of esters is 1. The molecule has 12 nitrogen and oxygen atoms in total. The van der Waals surface area contributed by atoms with Gasteiger partial charge in [-0.2, -0.15) is 0 Å². The molecule has 0 saturated carbocycles. The molecule has 3 aliphatic rings.